The number of hydrogen-bond donors (Lipinski definition) is 0. The number of thiazole rings is 1. The van der Waals surface area contributed by atoms with Crippen LogP contribution in [0, 0.1) is 11.6 Å². The third-order valence-corrected chi connectivity index (χ3v) is 6.00. The van der Waals surface area contributed by atoms with Crippen LogP contribution in [0.25, 0.3) is 0 Å². The van der Waals surface area contributed by atoms with E-state index in [1.807, 2.05) is 0 Å². The molecule has 0 aliphatic rings. The van der Waals surface area contributed by atoms with Gasteiger partial charge in [0.15, 0.2) is 0 Å². The predicted octanol–water partition coefficient (Wildman–Crippen LogP) is 4.46. The van der Waals surface area contributed by atoms with E-state index >= 15 is 0 Å². The van der Waals surface area contributed by atoms with Crippen LogP contribution in [0.4, 0.5) is 8.78 Å². The van der Waals surface area contributed by atoms with Gasteiger partial charge in [0.1, 0.15) is 11.6 Å². The fourth-order valence-electron chi connectivity index (χ4n) is 2.31. The second-order valence-corrected chi connectivity index (χ2v) is 7.47. The van der Waals surface area contributed by atoms with Gasteiger partial charge >= 0.3 is 0 Å². The van der Waals surface area contributed by atoms with E-state index < -0.39 is 16.0 Å². The van der Waals surface area contributed by atoms with Crippen molar-refractivity contribution >= 4 is 22.1 Å². The van der Waals surface area contributed by atoms with E-state index in [1.54, 1.807) is 36.0 Å². The van der Waals surface area contributed by atoms with Crippen LogP contribution in [0.1, 0.15) is 21.3 Å². The number of nitrogens with zero attached hydrogens (tertiary/aromatic N) is 1. The van der Waals surface area contributed by atoms with Crippen LogP contribution in [-0.2, 0) is 16.6 Å². The van der Waals surface area contributed by atoms with Crippen molar-refractivity contribution in [2.75, 3.05) is 0 Å². The van der Waals surface area contributed by atoms with Crippen molar-refractivity contribution in [3.05, 3.63) is 87.9 Å². The first-order valence-electron chi connectivity index (χ1n) is 6.89. The summed E-state index contributed by atoms with van der Waals surface area (Å²) in [6.45, 7) is 0. The Balaban J connectivity index is 1.97. The van der Waals surface area contributed by atoms with Crippen LogP contribution < -0.4 is 0 Å². The van der Waals surface area contributed by atoms with E-state index in [0.717, 1.165) is 16.0 Å². The Morgan fingerprint density at radius 1 is 0.957 bits per heavy atom. The Bertz CT molecular complexity index is 741. The summed E-state index contributed by atoms with van der Waals surface area (Å²) in [6.07, 6.45) is 1.69. The highest BCUT2D eigenvalue weighted by atomic mass is 32.2. The quantitative estimate of drug-likeness (QED) is 0.681. The topological polar surface area (TPSA) is 30.0 Å². The van der Waals surface area contributed by atoms with Gasteiger partial charge in [-0.2, -0.15) is 0 Å². The Morgan fingerprint density at radius 2 is 1.48 bits per heavy atom. The average molecular weight is 349 g/mol. The number of halogens is 2. The van der Waals surface area contributed by atoms with Crippen molar-refractivity contribution in [3.63, 3.8) is 0 Å². The Morgan fingerprint density at radius 3 is 1.91 bits per heavy atom. The summed E-state index contributed by atoms with van der Waals surface area (Å²) in [5.41, 5.74) is 3.17. The van der Waals surface area contributed by atoms with Crippen LogP contribution in [0.3, 0.4) is 0 Å². The molecule has 1 aromatic heterocycles. The largest absolute Gasteiger partial charge is 0.258 e. The first-order valence-corrected chi connectivity index (χ1v) is 9.15. The SMILES string of the molecule is O=[S@@](Cc1cncs1)C(c1ccc(F)cc1)c1ccc(F)cc1. The molecule has 0 fully saturated rings. The van der Waals surface area contributed by atoms with Crippen LogP contribution in [0.2, 0.25) is 0 Å². The monoisotopic (exact) mass is 349 g/mol. The minimum absolute atomic E-state index is 0.347. The maximum Gasteiger partial charge on any atom is 0.123 e. The molecule has 1 heterocycles. The van der Waals surface area contributed by atoms with Gasteiger partial charge in [0.25, 0.3) is 0 Å². The van der Waals surface area contributed by atoms with Crippen molar-refractivity contribution in [2.45, 2.75) is 11.0 Å². The van der Waals surface area contributed by atoms with Crippen LogP contribution >= 0.6 is 11.3 Å². The summed E-state index contributed by atoms with van der Waals surface area (Å²) >= 11 is 1.44. The summed E-state index contributed by atoms with van der Waals surface area (Å²) in [4.78, 5) is 4.90. The summed E-state index contributed by atoms with van der Waals surface area (Å²) in [6, 6.07) is 11.8. The van der Waals surface area contributed by atoms with E-state index in [-0.39, 0.29) is 11.6 Å². The predicted molar refractivity (Wildman–Crippen MR) is 88.6 cm³/mol. The van der Waals surface area contributed by atoms with Gasteiger partial charge in [-0.05, 0) is 35.4 Å². The van der Waals surface area contributed by atoms with Gasteiger partial charge in [-0.1, -0.05) is 24.3 Å². The standard InChI is InChI=1S/C17H13F2NOS2/c18-14-5-1-12(2-6-14)17(13-3-7-15(19)8-4-13)23(21)10-16-9-20-11-22-16/h1-9,11,17H,10H2/t23-/m0/s1. The van der Waals surface area contributed by atoms with Crippen molar-refractivity contribution in [1.29, 1.82) is 0 Å². The minimum atomic E-state index is -1.28. The molecule has 2 nitrogen and oxygen atoms in total. The minimum Gasteiger partial charge on any atom is -0.258 e. The second kappa shape index (κ2) is 7.10. The lowest BCUT2D eigenvalue weighted by Crippen LogP contribution is -2.10. The smallest absolute Gasteiger partial charge is 0.123 e. The zero-order valence-electron chi connectivity index (χ0n) is 12.0. The van der Waals surface area contributed by atoms with Crippen LogP contribution in [0.5, 0.6) is 0 Å². The summed E-state index contributed by atoms with van der Waals surface area (Å²) in [5, 5.41) is -0.446. The van der Waals surface area contributed by atoms with Crippen molar-refractivity contribution in [3.8, 4) is 0 Å². The molecule has 0 spiro atoms. The molecule has 0 radical (unpaired) electrons. The van der Waals surface area contributed by atoms with Gasteiger partial charge < -0.3 is 0 Å². The molecular weight excluding hydrogens is 336 g/mol. The van der Waals surface area contributed by atoms with Gasteiger partial charge in [-0.3, -0.25) is 9.19 Å². The Hall–Kier alpha value is -1.92. The summed E-state index contributed by atoms with van der Waals surface area (Å²) in [7, 11) is -1.28. The fraction of sp³-hybridized carbons (Fsp3) is 0.118. The lowest BCUT2D eigenvalue weighted by atomic mass is 10.0. The number of rotatable bonds is 5. The van der Waals surface area contributed by atoms with E-state index in [9.17, 15) is 13.0 Å². The molecule has 118 valence electrons. The summed E-state index contributed by atoms with van der Waals surface area (Å²) in [5.74, 6) is -0.343. The fourth-order valence-corrected chi connectivity index (χ4v) is 4.75. The zero-order valence-corrected chi connectivity index (χ0v) is 13.6. The van der Waals surface area contributed by atoms with E-state index in [4.69, 9.17) is 0 Å². The molecule has 0 saturated heterocycles. The first kappa shape index (κ1) is 16.0. The molecule has 0 saturated carbocycles. The number of benzene rings is 2. The third-order valence-electron chi connectivity index (χ3n) is 3.38. The molecule has 0 amide bonds. The average Bonchev–Trinajstić information content (AvgIpc) is 3.04. The van der Waals surface area contributed by atoms with Gasteiger partial charge in [-0.15, -0.1) is 11.3 Å². The normalized spacial score (nSPS) is 12.5. The van der Waals surface area contributed by atoms with Crippen molar-refractivity contribution in [2.24, 2.45) is 0 Å². The lowest BCUT2D eigenvalue weighted by Gasteiger charge is -2.17. The Kier molecular flexibility index (Phi) is 4.93. The van der Waals surface area contributed by atoms with Gasteiger partial charge in [0, 0.05) is 21.9 Å². The number of hydrogen-bond acceptors (Lipinski definition) is 3. The number of aromatic nitrogens is 1. The maximum absolute atomic E-state index is 13.2. The van der Waals surface area contributed by atoms with Gasteiger partial charge in [-0.25, -0.2) is 8.78 Å². The lowest BCUT2D eigenvalue weighted by molar-refractivity contribution is 0.626. The molecule has 3 aromatic rings. The molecule has 0 N–H and O–H groups in total. The highest BCUT2D eigenvalue weighted by Gasteiger charge is 2.22. The second-order valence-electron chi connectivity index (χ2n) is 4.98. The van der Waals surface area contributed by atoms with E-state index in [2.05, 4.69) is 4.98 Å². The molecule has 1 atom stereocenters. The van der Waals surface area contributed by atoms with E-state index in [1.165, 1.54) is 35.6 Å². The third kappa shape index (κ3) is 3.89. The van der Waals surface area contributed by atoms with Gasteiger partial charge in [0.05, 0.1) is 16.5 Å². The molecule has 23 heavy (non-hydrogen) atoms. The molecule has 3 rings (SSSR count). The van der Waals surface area contributed by atoms with Crippen LogP contribution in [0.15, 0.2) is 60.2 Å². The first-order chi connectivity index (χ1) is 11.1. The van der Waals surface area contributed by atoms with Crippen LogP contribution in [-0.4, -0.2) is 9.19 Å². The molecule has 0 aliphatic heterocycles. The zero-order chi connectivity index (χ0) is 16.2. The summed E-state index contributed by atoms with van der Waals surface area (Å²) < 4.78 is 39.2. The molecule has 0 aliphatic carbocycles. The molecule has 6 heteroatoms. The highest BCUT2D eigenvalue weighted by molar-refractivity contribution is 7.84. The van der Waals surface area contributed by atoms with Gasteiger partial charge in [0.2, 0.25) is 0 Å². The maximum atomic E-state index is 13.2. The molecular formula is C17H13F2NOS2. The molecule has 2 aromatic carbocycles. The highest BCUT2D eigenvalue weighted by Crippen LogP contribution is 2.30. The molecule has 0 unspecified atom stereocenters. The molecule has 0 bridgehead atoms. The van der Waals surface area contributed by atoms with E-state index in [0.29, 0.717) is 5.75 Å². The van der Waals surface area contributed by atoms with Crippen molar-refractivity contribution < 1.29 is 13.0 Å². The van der Waals surface area contributed by atoms with Crippen molar-refractivity contribution in [1.82, 2.24) is 4.98 Å². The Labute approximate surface area is 139 Å².